The number of hydrogen-bond donors (Lipinski definition) is 1. The fourth-order valence-electron chi connectivity index (χ4n) is 0.253. The molecule has 0 spiro atoms. The lowest BCUT2D eigenvalue weighted by molar-refractivity contribution is 0.265. The summed E-state index contributed by atoms with van der Waals surface area (Å²) in [4.78, 5) is 0. The van der Waals surface area contributed by atoms with Gasteiger partial charge in [-0.2, -0.15) is 11.8 Å². The highest BCUT2D eigenvalue weighted by atomic mass is 32.2. The first-order valence-corrected chi connectivity index (χ1v) is 2.91. The van der Waals surface area contributed by atoms with Crippen LogP contribution < -0.4 is 0 Å². The van der Waals surface area contributed by atoms with E-state index in [0.717, 1.165) is 5.75 Å². The Hall–Kier alpha value is 0.375. The molecule has 1 fully saturated rings. The van der Waals surface area contributed by atoms with Crippen LogP contribution in [0.3, 0.4) is 0 Å². The molecule has 1 N–H and O–H groups in total. The molecule has 0 amide bonds. The maximum Gasteiger partial charge on any atom is 0.110 e. The van der Waals surface area contributed by atoms with E-state index in [1.165, 1.54) is 0 Å². The van der Waals surface area contributed by atoms with Gasteiger partial charge in [-0.3, -0.25) is 0 Å². The van der Waals surface area contributed by atoms with Crippen LogP contribution >= 0.6 is 11.8 Å². The third kappa shape index (κ3) is 0.916. The van der Waals surface area contributed by atoms with E-state index in [4.69, 9.17) is 13.0 Å². The molecule has 1 nitrogen and oxygen atoms in total. The van der Waals surface area contributed by atoms with E-state index in [1.807, 2.05) is 0 Å². The summed E-state index contributed by atoms with van der Waals surface area (Å²) in [5.41, 5.74) is 0. The van der Waals surface area contributed by atoms with Crippen molar-refractivity contribution >= 4 is 19.6 Å². The molecule has 0 bridgehead atoms. The van der Waals surface area contributed by atoms with Crippen LogP contribution in [0.25, 0.3) is 0 Å². The minimum atomic E-state index is -0.574. The molecule has 0 saturated carbocycles. The summed E-state index contributed by atoms with van der Waals surface area (Å²) in [6, 6.07) is -0.574. The minimum Gasteiger partial charge on any atom is -0.402 e. The highest BCUT2D eigenvalue weighted by molar-refractivity contribution is 8.07. The largest absolute Gasteiger partial charge is 0.402 e. The van der Waals surface area contributed by atoms with E-state index in [-0.39, 0.29) is 0 Å². The van der Waals surface area contributed by atoms with Crippen LogP contribution in [0.5, 0.6) is 0 Å². The number of hydrogen-bond acceptors (Lipinski definition) is 2. The van der Waals surface area contributed by atoms with Crippen LogP contribution in [-0.4, -0.2) is 30.0 Å². The number of thioether (sulfide) groups is 1. The predicted molar refractivity (Wildman–Crippen MR) is 28.0 cm³/mol. The average molecular weight is 100.0 g/mol. The molecule has 6 heavy (non-hydrogen) atoms. The molecule has 2 unspecified atom stereocenters. The first kappa shape index (κ1) is 4.53. The summed E-state index contributed by atoms with van der Waals surface area (Å²) < 4.78 is 0. The van der Waals surface area contributed by atoms with E-state index in [9.17, 15) is 0 Å². The van der Waals surface area contributed by atoms with E-state index >= 15 is 0 Å². The second-order valence-corrected chi connectivity index (χ2v) is 2.63. The zero-order valence-electron chi connectivity index (χ0n) is 3.29. The van der Waals surface area contributed by atoms with Gasteiger partial charge in [-0.1, -0.05) is 0 Å². The van der Waals surface area contributed by atoms with Crippen molar-refractivity contribution in [3.63, 3.8) is 0 Å². The second kappa shape index (κ2) is 1.47. The van der Waals surface area contributed by atoms with Crippen LogP contribution in [0, 0.1) is 0 Å². The summed E-state index contributed by atoms with van der Waals surface area (Å²) >= 11 is 1.70. The lowest BCUT2D eigenvalue weighted by Gasteiger charge is -1.92. The van der Waals surface area contributed by atoms with Crippen molar-refractivity contribution in [2.75, 3.05) is 5.75 Å². The molecule has 2 radical (unpaired) electrons. The molecular formula is C3H5BOS. The van der Waals surface area contributed by atoms with Gasteiger partial charge in [0.15, 0.2) is 0 Å². The van der Waals surface area contributed by atoms with Crippen molar-refractivity contribution < 1.29 is 5.11 Å². The van der Waals surface area contributed by atoms with E-state index in [2.05, 4.69) is 0 Å². The Kier molecular flexibility index (Phi) is 1.11. The number of aliphatic hydroxyl groups excluding tert-OH is 1. The first-order valence-electron chi connectivity index (χ1n) is 1.86. The van der Waals surface area contributed by atoms with Crippen LogP contribution in [-0.2, 0) is 0 Å². The van der Waals surface area contributed by atoms with E-state index < -0.39 is 6.00 Å². The third-order valence-electron chi connectivity index (χ3n) is 0.740. The average Bonchev–Trinajstić information content (AvgIpc) is 2.06. The topological polar surface area (TPSA) is 20.2 Å². The Morgan fingerprint density at radius 2 is 2.50 bits per heavy atom. The molecule has 0 aliphatic carbocycles. The molecule has 1 heterocycles. The van der Waals surface area contributed by atoms with Crippen LogP contribution in [0.4, 0.5) is 0 Å². The van der Waals surface area contributed by atoms with Crippen molar-refractivity contribution in [2.24, 2.45) is 0 Å². The SMILES string of the molecule is [B]C(O)C1CS1. The fraction of sp³-hybridized carbons (Fsp3) is 1.00. The standard InChI is InChI=1S/C3H5BOS/c4-3(5)2-1-6-2/h2-3,5H,1H2. The number of rotatable bonds is 1. The fourth-order valence-corrected chi connectivity index (χ4v) is 0.758. The Morgan fingerprint density at radius 3 is 2.50 bits per heavy atom. The zero-order chi connectivity index (χ0) is 4.57. The normalized spacial score (nSPS) is 35.8. The molecule has 32 valence electrons. The van der Waals surface area contributed by atoms with Crippen LogP contribution in [0.15, 0.2) is 0 Å². The Bertz CT molecular complexity index is 52.8. The quantitative estimate of drug-likeness (QED) is 0.357. The van der Waals surface area contributed by atoms with E-state index in [1.54, 1.807) is 11.8 Å². The molecule has 1 aliphatic rings. The lowest BCUT2D eigenvalue weighted by atomic mass is 9.98. The van der Waals surface area contributed by atoms with Gasteiger partial charge in [-0.05, 0) is 0 Å². The zero-order valence-corrected chi connectivity index (χ0v) is 4.11. The van der Waals surface area contributed by atoms with Gasteiger partial charge >= 0.3 is 0 Å². The molecule has 0 aromatic heterocycles. The maximum atomic E-state index is 8.45. The second-order valence-electron chi connectivity index (χ2n) is 1.36. The van der Waals surface area contributed by atoms with Crippen LogP contribution in [0.1, 0.15) is 0 Å². The third-order valence-corrected chi connectivity index (χ3v) is 1.74. The lowest BCUT2D eigenvalue weighted by Crippen LogP contribution is -2.11. The molecule has 1 saturated heterocycles. The molecular weight excluding hydrogens is 94.9 g/mol. The van der Waals surface area contributed by atoms with Crippen molar-refractivity contribution in [3.8, 4) is 0 Å². The molecule has 0 aromatic rings. The Labute approximate surface area is 42.5 Å². The predicted octanol–water partition coefficient (Wildman–Crippen LogP) is -0.411. The monoisotopic (exact) mass is 100 g/mol. The van der Waals surface area contributed by atoms with E-state index in [0.29, 0.717) is 5.25 Å². The Morgan fingerprint density at radius 1 is 2.00 bits per heavy atom. The van der Waals surface area contributed by atoms with Gasteiger partial charge in [0.05, 0.1) is 0 Å². The highest BCUT2D eigenvalue weighted by Gasteiger charge is 2.26. The van der Waals surface area contributed by atoms with Crippen molar-refractivity contribution in [1.82, 2.24) is 0 Å². The molecule has 1 aliphatic heterocycles. The number of aliphatic hydroxyl groups is 1. The van der Waals surface area contributed by atoms with Gasteiger partial charge in [0, 0.05) is 17.0 Å². The Balaban J connectivity index is 2.13. The summed E-state index contributed by atoms with van der Waals surface area (Å²) in [5, 5.41) is 8.80. The molecule has 3 heteroatoms. The first-order chi connectivity index (χ1) is 2.80. The summed E-state index contributed by atoms with van der Waals surface area (Å²) in [5.74, 6) is 1.04. The van der Waals surface area contributed by atoms with Crippen molar-refractivity contribution in [3.05, 3.63) is 0 Å². The molecule has 1 rings (SSSR count). The van der Waals surface area contributed by atoms with Gasteiger partial charge in [-0.15, -0.1) is 0 Å². The minimum absolute atomic E-state index is 0.352. The highest BCUT2D eigenvalue weighted by Crippen LogP contribution is 2.31. The van der Waals surface area contributed by atoms with Gasteiger partial charge in [0.25, 0.3) is 0 Å². The maximum absolute atomic E-state index is 8.45. The van der Waals surface area contributed by atoms with Gasteiger partial charge in [-0.25, -0.2) is 0 Å². The van der Waals surface area contributed by atoms with Gasteiger partial charge < -0.3 is 5.11 Å². The van der Waals surface area contributed by atoms with Gasteiger partial charge in [0.2, 0.25) is 0 Å². The van der Waals surface area contributed by atoms with Crippen molar-refractivity contribution in [1.29, 1.82) is 0 Å². The summed E-state index contributed by atoms with van der Waals surface area (Å²) in [6.45, 7) is 0. The summed E-state index contributed by atoms with van der Waals surface area (Å²) in [7, 11) is 5.03. The van der Waals surface area contributed by atoms with Gasteiger partial charge in [0.1, 0.15) is 7.85 Å². The van der Waals surface area contributed by atoms with Crippen LogP contribution in [0.2, 0.25) is 0 Å². The summed E-state index contributed by atoms with van der Waals surface area (Å²) in [6.07, 6.45) is 0. The smallest absolute Gasteiger partial charge is 0.110 e. The molecule has 0 aromatic carbocycles. The van der Waals surface area contributed by atoms with Crippen molar-refractivity contribution in [2.45, 2.75) is 11.3 Å². The molecule has 2 atom stereocenters.